The van der Waals surface area contributed by atoms with E-state index >= 15 is 0 Å². The average Bonchev–Trinajstić information content (AvgIpc) is 3.82. The second-order valence-corrected chi connectivity index (χ2v) is 20.4. The van der Waals surface area contributed by atoms with E-state index in [-0.39, 0.29) is 82.7 Å². The van der Waals surface area contributed by atoms with Gasteiger partial charge in [0, 0.05) is 32.1 Å². The van der Waals surface area contributed by atoms with E-state index in [1.165, 1.54) is 29.2 Å². The van der Waals surface area contributed by atoms with Gasteiger partial charge < -0.3 is 47.8 Å². The number of nitrogens with zero attached hydrogens (tertiary/aromatic N) is 3. The SMILES string of the molecule is CC[C@H](C)[C@H](NC(=O)[C@H]1Cc2ccc(O)c(c2)CC=CCN(S(=O)(=O)c2ccccc2[N+](=O)[O-])CCCC[C@H](N)C(=O)N[C@@H](CCCCN)C(=O)N2CCC[C@H]2C(=O)N1)C(=O)N[C@@H](CC(C)C)C(=O)O. The van der Waals surface area contributed by atoms with E-state index in [1.807, 2.05) is 13.8 Å². The van der Waals surface area contributed by atoms with Crippen LogP contribution in [-0.4, -0.2) is 131 Å². The van der Waals surface area contributed by atoms with Crippen molar-refractivity contribution < 1.29 is 52.3 Å². The molecule has 0 aliphatic carbocycles. The monoisotopic (exact) mass is 997 g/mol. The van der Waals surface area contributed by atoms with Crippen LogP contribution in [0.5, 0.6) is 5.75 Å². The molecule has 0 aromatic heterocycles. The Morgan fingerprint density at radius 1 is 0.957 bits per heavy atom. The summed E-state index contributed by atoms with van der Waals surface area (Å²) in [6.45, 7) is 7.31. The topological polar surface area (TPSA) is 327 Å². The number of phenolic OH excluding ortho intramolecular Hbond substituents is 1. The third kappa shape index (κ3) is 15.8. The number of fused-ring (bicyclic) bond motifs is 3. The number of amides is 5. The summed E-state index contributed by atoms with van der Waals surface area (Å²) in [5, 5.41) is 43.6. The number of unbranched alkanes of at least 4 members (excludes halogenated alkanes) is 1. The molecule has 386 valence electrons. The molecular formula is C48H71N9O12S. The Kier molecular flexibility index (Phi) is 21.7. The first kappa shape index (κ1) is 56.6. The number of carboxylic acids is 1. The number of carbonyl (C=O) groups is 6. The number of sulfonamides is 1. The molecule has 2 bridgehead atoms. The van der Waals surface area contributed by atoms with Gasteiger partial charge in [-0.05, 0) is 99.4 Å². The fourth-order valence-corrected chi connectivity index (χ4v) is 10.1. The van der Waals surface area contributed by atoms with Gasteiger partial charge in [-0.25, -0.2) is 13.2 Å². The molecule has 5 amide bonds. The Bertz CT molecular complexity index is 2310. The standard InChI is InChI=1S/C48H71N9O12S/c1-5-31(4)42(46(62)53-37(48(64)65)27-30(2)3)54-44(60)36-29-32-21-22-40(58)33(28-32)15-9-12-24-55(70(68,69)41-20-7-6-18-38(41)57(66)67)25-13-10-16-34(50)43(59)51-35(17-8-11-23-49)47(63)56-26-14-19-39(56)45(61)52-36/h6-7,9,12,18,20-22,28,30-31,34-37,39,42,58H,5,8,10-11,13-17,19,23-27,29,49-50H2,1-4H3,(H,51,59)(H,52,61)(H,53,62)(H,54,60)(H,64,65)/t31-,34-,35-,36+,37-,39-,42-/m0/s1. The average molecular weight is 998 g/mol. The van der Waals surface area contributed by atoms with Crippen LogP contribution >= 0.6 is 0 Å². The van der Waals surface area contributed by atoms with Crippen LogP contribution in [0, 0.1) is 22.0 Å². The van der Waals surface area contributed by atoms with E-state index < -0.39 is 103 Å². The van der Waals surface area contributed by atoms with Gasteiger partial charge >= 0.3 is 5.97 Å². The van der Waals surface area contributed by atoms with E-state index in [0.29, 0.717) is 43.4 Å². The van der Waals surface area contributed by atoms with Gasteiger partial charge in [0.1, 0.15) is 36.0 Å². The zero-order valence-corrected chi connectivity index (χ0v) is 41.3. The molecular weight excluding hydrogens is 927 g/mol. The Hall–Kier alpha value is -5.97. The lowest BCUT2D eigenvalue weighted by Gasteiger charge is -2.31. The normalized spacial score (nSPS) is 21.7. The highest BCUT2D eigenvalue weighted by molar-refractivity contribution is 7.89. The van der Waals surface area contributed by atoms with Crippen molar-refractivity contribution >= 4 is 51.2 Å². The highest BCUT2D eigenvalue weighted by atomic mass is 32.2. The fraction of sp³-hybridized carbons (Fsp3) is 0.583. The Balaban J connectivity index is 1.77. The summed E-state index contributed by atoms with van der Waals surface area (Å²) >= 11 is 0. The lowest BCUT2D eigenvalue weighted by Crippen LogP contribution is -2.60. The van der Waals surface area contributed by atoms with Crippen LogP contribution in [-0.2, 0) is 51.6 Å². The van der Waals surface area contributed by atoms with E-state index in [9.17, 15) is 57.5 Å². The largest absolute Gasteiger partial charge is 0.508 e. The van der Waals surface area contributed by atoms with Gasteiger partial charge in [0.05, 0.1) is 11.0 Å². The van der Waals surface area contributed by atoms with Crippen molar-refractivity contribution in [2.45, 2.75) is 146 Å². The number of allylic oxidation sites excluding steroid dienone is 1. The molecule has 22 heteroatoms. The maximum Gasteiger partial charge on any atom is 0.326 e. The fourth-order valence-electron chi connectivity index (χ4n) is 8.55. The maximum atomic E-state index is 14.5. The predicted octanol–water partition coefficient (Wildman–Crippen LogP) is 2.38. The first-order valence-electron chi connectivity index (χ1n) is 24.1. The molecule has 21 nitrogen and oxygen atoms in total. The molecule has 1 fully saturated rings. The number of hydrogen-bond donors (Lipinski definition) is 8. The van der Waals surface area contributed by atoms with Crippen molar-refractivity contribution in [1.82, 2.24) is 30.5 Å². The molecule has 10 N–H and O–H groups in total. The summed E-state index contributed by atoms with van der Waals surface area (Å²) in [5.74, 6) is -5.27. The lowest BCUT2D eigenvalue weighted by molar-refractivity contribution is -0.387. The molecule has 4 rings (SSSR count). The number of rotatable bonds is 16. The van der Waals surface area contributed by atoms with Gasteiger partial charge in [-0.3, -0.25) is 34.1 Å². The molecule has 1 saturated heterocycles. The number of nitro groups is 1. The highest BCUT2D eigenvalue weighted by Gasteiger charge is 2.40. The van der Waals surface area contributed by atoms with Crippen LogP contribution in [0.15, 0.2) is 59.5 Å². The molecule has 7 atom stereocenters. The van der Waals surface area contributed by atoms with Gasteiger partial charge in [-0.2, -0.15) is 4.31 Å². The van der Waals surface area contributed by atoms with Crippen molar-refractivity contribution in [1.29, 1.82) is 0 Å². The predicted molar refractivity (Wildman–Crippen MR) is 260 cm³/mol. The van der Waals surface area contributed by atoms with Gasteiger partial charge in [0.15, 0.2) is 4.90 Å². The van der Waals surface area contributed by atoms with Gasteiger partial charge in [0.25, 0.3) is 5.69 Å². The molecule has 0 saturated carbocycles. The summed E-state index contributed by atoms with van der Waals surface area (Å²) in [6.07, 6.45) is 5.99. The molecule has 2 aromatic rings. The number of carbonyl (C=O) groups excluding carboxylic acids is 5. The number of benzene rings is 2. The van der Waals surface area contributed by atoms with Gasteiger partial charge in [-0.1, -0.05) is 77.0 Å². The molecule has 0 radical (unpaired) electrons. The number of aromatic hydroxyl groups is 1. The number of hydrogen-bond acceptors (Lipinski definition) is 13. The van der Waals surface area contributed by atoms with E-state index in [2.05, 4.69) is 21.3 Å². The first-order valence-corrected chi connectivity index (χ1v) is 25.5. The Labute approximate surface area is 409 Å². The maximum absolute atomic E-state index is 14.5. The van der Waals surface area contributed by atoms with Crippen molar-refractivity contribution in [2.24, 2.45) is 23.3 Å². The minimum Gasteiger partial charge on any atom is -0.508 e. The van der Waals surface area contributed by atoms with Crippen LogP contribution in [0.3, 0.4) is 0 Å². The number of nitro benzene ring substituents is 1. The third-order valence-electron chi connectivity index (χ3n) is 12.7. The van der Waals surface area contributed by atoms with Gasteiger partial charge in [-0.15, -0.1) is 0 Å². The van der Waals surface area contributed by atoms with Crippen LogP contribution < -0.4 is 32.7 Å². The molecule has 2 aliphatic heterocycles. The Morgan fingerprint density at radius 2 is 1.69 bits per heavy atom. The van der Waals surface area contributed by atoms with Crippen LogP contribution in [0.1, 0.15) is 103 Å². The van der Waals surface area contributed by atoms with Crippen molar-refractivity contribution in [2.75, 3.05) is 26.2 Å². The number of phenols is 1. The first-order chi connectivity index (χ1) is 33.2. The molecule has 2 aliphatic rings. The van der Waals surface area contributed by atoms with Crippen molar-refractivity contribution in [3.8, 4) is 5.75 Å². The molecule has 0 spiro atoms. The lowest BCUT2D eigenvalue weighted by atomic mass is 9.95. The minimum absolute atomic E-state index is 0.0647. The minimum atomic E-state index is -4.45. The Morgan fingerprint density at radius 3 is 2.36 bits per heavy atom. The quantitative estimate of drug-likeness (QED) is 0.0519. The van der Waals surface area contributed by atoms with Gasteiger partial charge in [0.2, 0.25) is 39.6 Å². The molecule has 0 unspecified atom stereocenters. The second-order valence-electron chi connectivity index (χ2n) is 18.5. The van der Waals surface area contributed by atoms with Crippen molar-refractivity contribution in [3.63, 3.8) is 0 Å². The number of para-hydroxylation sites is 1. The molecule has 2 aromatic carbocycles. The molecule has 2 heterocycles. The summed E-state index contributed by atoms with van der Waals surface area (Å²) in [4.78, 5) is 94.7. The number of nitrogens with two attached hydrogens (primary N) is 2. The smallest absolute Gasteiger partial charge is 0.326 e. The van der Waals surface area contributed by atoms with Crippen molar-refractivity contribution in [3.05, 3.63) is 75.9 Å². The van der Waals surface area contributed by atoms with Crippen LogP contribution in [0.4, 0.5) is 5.69 Å². The van der Waals surface area contributed by atoms with Crippen LogP contribution in [0.2, 0.25) is 0 Å². The number of carboxylic acid groups (broad SMARTS) is 1. The zero-order chi connectivity index (χ0) is 51.7. The van der Waals surface area contributed by atoms with E-state index in [4.69, 9.17) is 11.5 Å². The van der Waals surface area contributed by atoms with Crippen LogP contribution in [0.25, 0.3) is 0 Å². The number of aliphatic carboxylic acids is 1. The highest BCUT2D eigenvalue weighted by Crippen LogP contribution is 2.28. The van der Waals surface area contributed by atoms with E-state index in [1.54, 1.807) is 32.1 Å². The number of nitrogens with one attached hydrogen (secondary N) is 4. The summed E-state index contributed by atoms with van der Waals surface area (Å²) in [7, 11) is -4.45. The zero-order valence-electron chi connectivity index (χ0n) is 40.5. The summed E-state index contributed by atoms with van der Waals surface area (Å²) in [6, 6.07) is 2.47. The summed E-state index contributed by atoms with van der Waals surface area (Å²) < 4.78 is 29.2. The summed E-state index contributed by atoms with van der Waals surface area (Å²) in [5.41, 5.74) is 12.3. The third-order valence-corrected chi connectivity index (χ3v) is 14.6. The van der Waals surface area contributed by atoms with E-state index in [0.717, 1.165) is 16.4 Å². The molecule has 70 heavy (non-hydrogen) atoms. The second kappa shape index (κ2) is 26.9.